The molecule has 2 amide bonds. The molecular weight excluding hydrogens is 404 g/mol. The zero-order valence-corrected chi connectivity index (χ0v) is 17.1. The maximum Gasteiger partial charge on any atom is 0.267 e. The summed E-state index contributed by atoms with van der Waals surface area (Å²) in [4.78, 5) is 29.6. The molecule has 27 heavy (non-hydrogen) atoms. The van der Waals surface area contributed by atoms with Gasteiger partial charge in [0.05, 0.1) is 33.7 Å². The van der Waals surface area contributed by atoms with Gasteiger partial charge >= 0.3 is 0 Å². The lowest BCUT2D eigenvalue weighted by molar-refractivity contribution is -0.123. The van der Waals surface area contributed by atoms with Crippen molar-refractivity contribution in [3.63, 3.8) is 0 Å². The fourth-order valence-electron chi connectivity index (χ4n) is 3.77. The number of rotatable bonds is 3. The van der Waals surface area contributed by atoms with E-state index in [0.29, 0.717) is 27.8 Å². The number of thioether (sulfide) groups is 1. The molecule has 6 nitrogen and oxygen atoms in total. The number of fused-ring (bicyclic) bond motifs is 1. The number of nitrogens with zero attached hydrogens (tertiary/aromatic N) is 2. The first-order valence-electron chi connectivity index (χ1n) is 8.75. The van der Waals surface area contributed by atoms with E-state index in [1.165, 1.54) is 4.90 Å². The monoisotopic (exact) mass is 422 g/mol. The van der Waals surface area contributed by atoms with E-state index in [2.05, 4.69) is 0 Å². The zero-order chi connectivity index (χ0) is 19.3. The molecule has 2 fully saturated rings. The Morgan fingerprint density at radius 3 is 2.63 bits per heavy atom. The molecule has 3 aliphatic rings. The quantitative estimate of drug-likeness (QED) is 0.549. The van der Waals surface area contributed by atoms with Crippen LogP contribution < -0.4 is 4.90 Å². The van der Waals surface area contributed by atoms with Crippen LogP contribution in [-0.2, 0) is 19.4 Å². The van der Waals surface area contributed by atoms with Gasteiger partial charge in [0.25, 0.3) is 11.8 Å². The van der Waals surface area contributed by atoms with Crippen LogP contribution in [0.15, 0.2) is 29.2 Å². The summed E-state index contributed by atoms with van der Waals surface area (Å²) in [6.07, 6.45) is 1.18. The van der Waals surface area contributed by atoms with Gasteiger partial charge in [-0.2, -0.15) is 0 Å². The number of benzene rings is 1. The molecule has 0 bridgehead atoms. The van der Waals surface area contributed by atoms with Crippen molar-refractivity contribution in [2.75, 3.05) is 23.0 Å². The van der Waals surface area contributed by atoms with Crippen LogP contribution in [0.2, 0.25) is 0 Å². The molecule has 1 unspecified atom stereocenters. The van der Waals surface area contributed by atoms with Gasteiger partial charge in [-0.25, -0.2) is 8.42 Å². The summed E-state index contributed by atoms with van der Waals surface area (Å²) in [6.45, 7) is 2.56. The van der Waals surface area contributed by atoms with Crippen LogP contribution in [-0.4, -0.2) is 53.5 Å². The van der Waals surface area contributed by atoms with Gasteiger partial charge in [-0.3, -0.25) is 14.5 Å². The van der Waals surface area contributed by atoms with Crippen molar-refractivity contribution in [3.8, 4) is 0 Å². The fourth-order valence-corrected chi connectivity index (χ4v) is 6.94. The SMILES string of the molecule is CCCN1C(=O)C(=C2SC(=S)N(C3CCS(=O)(=O)C3)C2=O)c2ccccc21. The molecule has 1 atom stereocenters. The topological polar surface area (TPSA) is 74.8 Å². The zero-order valence-electron chi connectivity index (χ0n) is 14.7. The minimum absolute atomic E-state index is 0.0622. The molecule has 1 aromatic carbocycles. The number of para-hydroxylation sites is 1. The van der Waals surface area contributed by atoms with Crippen molar-refractivity contribution >= 4 is 61.2 Å². The van der Waals surface area contributed by atoms with Gasteiger partial charge in [0.15, 0.2) is 9.84 Å². The molecule has 9 heteroatoms. The molecule has 0 spiro atoms. The normalized spacial score (nSPS) is 27.0. The maximum atomic E-state index is 13.1. The first kappa shape index (κ1) is 18.6. The van der Waals surface area contributed by atoms with Gasteiger partial charge < -0.3 is 4.90 Å². The lowest BCUT2D eigenvalue weighted by Crippen LogP contribution is -2.39. The number of thiocarbonyl (C=S) groups is 1. The van der Waals surface area contributed by atoms with Crippen molar-refractivity contribution < 1.29 is 18.0 Å². The Morgan fingerprint density at radius 1 is 1.22 bits per heavy atom. The van der Waals surface area contributed by atoms with E-state index >= 15 is 0 Å². The number of hydrogen-bond acceptors (Lipinski definition) is 6. The van der Waals surface area contributed by atoms with E-state index in [0.717, 1.165) is 29.4 Å². The van der Waals surface area contributed by atoms with Crippen molar-refractivity contribution in [3.05, 3.63) is 34.7 Å². The minimum atomic E-state index is -3.15. The lowest BCUT2D eigenvalue weighted by atomic mass is 10.1. The van der Waals surface area contributed by atoms with E-state index in [9.17, 15) is 18.0 Å². The number of anilines is 1. The molecule has 4 rings (SSSR count). The van der Waals surface area contributed by atoms with Crippen molar-refractivity contribution in [2.45, 2.75) is 25.8 Å². The molecule has 0 aromatic heterocycles. The highest BCUT2D eigenvalue weighted by Crippen LogP contribution is 2.45. The van der Waals surface area contributed by atoms with Crippen molar-refractivity contribution in [2.24, 2.45) is 0 Å². The van der Waals surface area contributed by atoms with E-state index < -0.39 is 15.9 Å². The maximum absolute atomic E-state index is 13.1. The molecule has 1 aromatic rings. The molecule has 2 saturated heterocycles. The van der Waals surface area contributed by atoms with Crippen LogP contribution >= 0.6 is 24.0 Å². The standard InChI is InChI=1S/C18H18N2O4S3/c1-2-8-19-13-6-4-3-5-12(13)14(16(19)21)15-17(22)20(18(25)26-15)11-7-9-27(23,24)10-11/h3-6,11H,2,7-10H2,1H3. The van der Waals surface area contributed by atoms with Gasteiger partial charge in [0.2, 0.25) is 0 Å². The Hall–Kier alpha value is -1.71. The molecule has 0 radical (unpaired) electrons. The highest BCUT2D eigenvalue weighted by molar-refractivity contribution is 8.26. The molecule has 3 aliphatic heterocycles. The number of carbonyl (C=O) groups excluding carboxylic acids is 2. The Bertz CT molecular complexity index is 1000. The van der Waals surface area contributed by atoms with Crippen LogP contribution in [0.1, 0.15) is 25.3 Å². The summed E-state index contributed by atoms with van der Waals surface area (Å²) in [5.41, 5.74) is 1.91. The Labute approximate surface area is 167 Å². The molecule has 0 saturated carbocycles. The van der Waals surface area contributed by atoms with Crippen LogP contribution in [0.3, 0.4) is 0 Å². The Morgan fingerprint density at radius 2 is 1.96 bits per heavy atom. The summed E-state index contributed by atoms with van der Waals surface area (Å²) >= 11 is 6.47. The summed E-state index contributed by atoms with van der Waals surface area (Å²) < 4.78 is 24.0. The number of sulfone groups is 1. The summed E-state index contributed by atoms with van der Waals surface area (Å²) in [5.74, 6) is -0.567. The summed E-state index contributed by atoms with van der Waals surface area (Å²) in [6, 6.07) is 6.97. The van der Waals surface area contributed by atoms with Gasteiger partial charge in [-0.15, -0.1) is 0 Å². The van der Waals surface area contributed by atoms with Gasteiger partial charge in [0, 0.05) is 12.1 Å². The fraction of sp³-hybridized carbons (Fsp3) is 0.389. The number of amides is 2. The average molecular weight is 423 g/mol. The van der Waals surface area contributed by atoms with E-state index in [1.54, 1.807) is 4.90 Å². The first-order chi connectivity index (χ1) is 12.8. The predicted octanol–water partition coefficient (Wildman–Crippen LogP) is 2.20. The Balaban J connectivity index is 1.77. The molecular formula is C18H18N2O4S3. The first-order valence-corrected chi connectivity index (χ1v) is 11.8. The average Bonchev–Trinajstić information content (AvgIpc) is 3.21. The summed E-state index contributed by atoms with van der Waals surface area (Å²) in [7, 11) is -3.15. The van der Waals surface area contributed by atoms with Gasteiger partial charge in [-0.1, -0.05) is 49.1 Å². The third-order valence-electron chi connectivity index (χ3n) is 4.97. The molecule has 0 N–H and O–H groups in total. The van der Waals surface area contributed by atoms with Gasteiger partial charge in [0.1, 0.15) is 4.32 Å². The van der Waals surface area contributed by atoms with E-state index in [4.69, 9.17) is 12.2 Å². The number of hydrogen-bond donors (Lipinski definition) is 0. The third-order valence-corrected chi connectivity index (χ3v) is 8.12. The highest BCUT2D eigenvalue weighted by atomic mass is 32.2. The predicted molar refractivity (Wildman–Crippen MR) is 110 cm³/mol. The van der Waals surface area contributed by atoms with Crippen molar-refractivity contribution in [1.82, 2.24) is 4.90 Å². The highest BCUT2D eigenvalue weighted by Gasteiger charge is 2.46. The molecule has 0 aliphatic carbocycles. The van der Waals surface area contributed by atoms with Crippen LogP contribution in [0.4, 0.5) is 5.69 Å². The lowest BCUT2D eigenvalue weighted by Gasteiger charge is -2.21. The molecule has 142 valence electrons. The van der Waals surface area contributed by atoms with E-state index in [-0.39, 0.29) is 23.3 Å². The summed E-state index contributed by atoms with van der Waals surface area (Å²) in [5, 5.41) is 0. The van der Waals surface area contributed by atoms with E-state index in [1.807, 2.05) is 31.2 Å². The minimum Gasteiger partial charge on any atom is -0.308 e. The third kappa shape index (κ3) is 3.01. The van der Waals surface area contributed by atoms with Crippen LogP contribution in [0.25, 0.3) is 5.57 Å². The van der Waals surface area contributed by atoms with Crippen LogP contribution in [0.5, 0.6) is 0 Å². The second kappa shape index (κ2) is 6.72. The second-order valence-corrected chi connectivity index (χ2v) is 10.7. The van der Waals surface area contributed by atoms with Crippen LogP contribution in [0, 0.1) is 0 Å². The number of carbonyl (C=O) groups is 2. The second-order valence-electron chi connectivity index (χ2n) is 6.78. The Kier molecular flexibility index (Phi) is 4.64. The smallest absolute Gasteiger partial charge is 0.267 e. The molecule has 3 heterocycles. The van der Waals surface area contributed by atoms with Crippen molar-refractivity contribution in [1.29, 1.82) is 0 Å². The van der Waals surface area contributed by atoms with Gasteiger partial charge in [-0.05, 0) is 18.9 Å². The largest absolute Gasteiger partial charge is 0.308 e.